The van der Waals surface area contributed by atoms with Crippen LogP contribution in [0.25, 0.3) is 0 Å². The summed E-state index contributed by atoms with van der Waals surface area (Å²) in [7, 11) is 1.95. The minimum atomic E-state index is 0.187. The number of nitrogens with one attached hydrogen (secondary N) is 1. The molecule has 1 N–H and O–H groups in total. The molecule has 0 aliphatic rings. The lowest BCUT2D eigenvalue weighted by molar-refractivity contribution is 0.425. The lowest BCUT2D eigenvalue weighted by Crippen LogP contribution is -2.19. The van der Waals surface area contributed by atoms with Crippen LogP contribution in [0.2, 0.25) is 0 Å². The molecule has 0 amide bonds. The van der Waals surface area contributed by atoms with Gasteiger partial charge in [-0.15, -0.1) is 0 Å². The van der Waals surface area contributed by atoms with E-state index in [1.807, 2.05) is 30.8 Å². The Morgan fingerprint density at radius 2 is 2.35 bits per heavy atom. The van der Waals surface area contributed by atoms with Crippen molar-refractivity contribution < 1.29 is 4.42 Å². The minimum absolute atomic E-state index is 0.187. The molecule has 4 nitrogen and oxygen atoms in total. The number of aryl methyl sites for hydroxylation is 2. The van der Waals surface area contributed by atoms with E-state index in [0.29, 0.717) is 0 Å². The third kappa shape index (κ3) is 2.61. The fourth-order valence-electron chi connectivity index (χ4n) is 1.76. The van der Waals surface area contributed by atoms with E-state index in [2.05, 4.69) is 33.3 Å². The van der Waals surface area contributed by atoms with Crippen molar-refractivity contribution in [3.05, 3.63) is 40.0 Å². The monoisotopic (exact) mass is 297 g/mol. The number of halogens is 1. The largest absolute Gasteiger partial charge is 0.468 e. The summed E-state index contributed by atoms with van der Waals surface area (Å²) in [6.07, 6.45) is 1.69. The van der Waals surface area contributed by atoms with Crippen molar-refractivity contribution in [2.24, 2.45) is 7.05 Å². The van der Waals surface area contributed by atoms with Gasteiger partial charge in [-0.2, -0.15) is 5.10 Å². The van der Waals surface area contributed by atoms with E-state index in [-0.39, 0.29) is 6.04 Å². The molecule has 1 atom stereocenters. The molecule has 5 heteroatoms. The fourth-order valence-corrected chi connectivity index (χ4v) is 2.24. The summed E-state index contributed by atoms with van der Waals surface area (Å²) in [6.45, 7) is 4.82. The van der Waals surface area contributed by atoms with Crippen molar-refractivity contribution in [3.8, 4) is 0 Å². The van der Waals surface area contributed by atoms with Gasteiger partial charge >= 0.3 is 0 Å². The van der Waals surface area contributed by atoms with Crippen molar-refractivity contribution in [1.29, 1.82) is 0 Å². The number of hydrogen-bond acceptors (Lipinski definition) is 3. The molecule has 0 radical (unpaired) electrons. The quantitative estimate of drug-likeness (QED) is 0.943. The second-order valence-corrected chi connectivity index (χ2v) is 4.88. The zero-order valence-corrected chi connectivity index (χ0v) is 11.8. The van der Waals surface area contributed by atoms with Crippen molar-refractivity contribution in [1.82, 2.24) is 15.1 Å². The zero-order chi connectivity index (χ0) is 12.4. The first-order valence-corrected chi connectivity index (χ1v) is 6.33. The number of hydrogen-bond donors (Lipinski definition) is 1. The minimum Gasteiger partial charge on any atom is -0.468 e. The standard InChI is InChI=1S/C12H16BrN3O/c1-8(11-5-4-6-17-11)14-7-10-12(13)9(2)15-16(10)3/h4-6,8,14H,7H2,1-3H3/t8-/m0/s1. The molecule has 0 bridgehead atoms. The van der Waals surface area contributed by atoms with Gasteiger partial charge in [0.05, 0.1) is 28.2 Å². The Kier molecular flexibility index (Phi) is 3.69. The van der Waals surface area contributed by atoms with E-state index >= 15 is 0 Å². The Labute approximate surface area is 109 Å². The average Bonchev–Trinajstić information content (AvgIpc) is 2.88. The van der Waals surface area contributed by atoms with Gasteiger partial charge in [-0.3, -0.25) is 4.68 Å². The smallest absolute Gasteiger partial charge is 0.120 e. The average molecular weight is 298 g/mol. The third-order valence-electron chi connectivity index (χ3n) is 2.81. The van der Waals surface area contributed by atoms with Gasteiger partial charge in [0, 0.05) is 13.6 Å². The highest BCUT2D eigenvalue weighted by molar-refractivity contribution is 9.10. The first-order valence-electron chi connectivity index (χ1n) is 5.54. The maximum Gasteiger partial charge on any atom is 0.120 e. The maximum absolute atomic E-state index is 5.35. The van der Waals surface area contributed by atoms with Crippen molar-refractivity contribution >= 4 is 15.9 Å². The maximum atomic E-state index is 5.35. The molecule has 0 fully saturated rings. The van der Waals surface area contributed by atoms with Gasteiger partial charge in [0.1, 0.15) is 5.76 Å². The Morgan fingerprint density at radius 1 is 1.59 bits per heavy atom. The Morgan fingerprint density at radius 3 is 2.88 bits per heavy atom. The first-order chi connectivity index (χ1) is 8.09. The summed E-state index contributed by atoms with van der Waals surface area (Å²) >= 11 is 3.55. The highest BCUT2D eigenvalue weighted by atomic mass is 79.9. The molecule has 2 rings (SSSR count). The number of nitrogens with zero attached hydrogens (tertiary/aromatic N) is 2. The van der Waals surface area contributed by atoms with Gasteiger partial charge in [0.25, 0.3) is 0 Å². The van der Waals surface area contributed by atoms with E-state index < -0.39 is 0 Å². The molecule has 0 aromatic carbocycles. The van der Waals surface area contributed by atoms with Gasteiger partial charge in [-0.05, 0) is 41.9 Å². The van der Waals surface area contributed by atoms with Gasteiger partial charge in [-0.25, -0.2) is 0 Å². The van der Waals surface area contributed by atoms with Gasteiger partial charge in [0.2, 0.25) is 0 Å². The fraction of sp³-hybridized carbons (Fsp3) is 0.417. The molecule has 92 valence electrons. The van der Waals surface area contributed by atoms with Crippen LogP contribution in [-0.2, 0) is 13.6 Å². The van der Waals surface area contributed by atoms with Crippen molar-refractivity contribution in [3.63, 3.8) is 0 Å². The van der Waals surface area contributed by atoms with Crippen LogP contribution in [0, 0.1) is 6.92 Å². The summed E-state index contributed by atoms with van der Waals surface area (Å²) < 4.78 is 8.31. The van der Waals surface area contributed by atoms with Crippen LogP contribution in [0.1, 0.15) is 30.1 Å². The number of furan rings is 1. The summed E-state index contributed by atoms with van der Waals surface area (Å²) in [5, 5.41) is 7.77. The molecule has 2 heterocycles. The summed E-state index contributed by atoms with van der Waals surface area (Å²) in [5.74, 6) is 0.944. The van der Waals surface area contributed by atoms with E-state index in [9.17, 15) is 0 Å². The molecule has 0 saturated heterocycles. The van der Waals surface area contributed by atoms with Crippen LogP contribution in [-0.4, -0.2) is 9.78 Å². The second-order valence-electron chi connectivity index (χ2n) is 4.09. The highest BCUT2D eigenvalue weighted by Gasteiger charge is 2.13. The van der Waals surface area contributed by atoms with E-state index in [4.69, 9.17) is 4.42 Å². The molecule has 2 aromatic rings. The van der Waals surface area contributed by atoms with Gasteiger partial charge in [0.15, 0.2) is 0 Å². The number of rotatable bonds is 4. The van der Waals surface area contributed by atoms with Gasteiger partial charge < -0.3 is 9.73 Å². The summed E-state index contributed by atoms with van der Waals surface area (Å²) in [5.41, 5.74) is 2.15. The SMILES string of the molecule is Cc1nn(C)c(CN[C@@H](C)c2ccco2)c1Br. The molecular weight excluding hydrogens is 282 g/mol. The van der Waals surface area contributed by atoms with Crippen molar-refractivity contribution in [2.45, 2.75) is 26.4 Å². The Bertz CT molecular complexity index is 490. The lowest BCUT2D eigenvalue weighted by atomic mass is 10.2. The highest BCUT2D eigenvalue weighted by Crippen LogP contribution is 2.21. The molecule has 0 aliphatic carbocycles. The molecule has 17 heavy (non-hydrogen) atoms. The van der Waals surface area contributed by atoms with Crippen LogP contribution >= 0.6 is 15.9 Å². The molecule has 0 aliphatic heterocycles. The molecule has 2 aromatic heterocycles. The Balaban J connectivity index is 2.03. The molecule has 0 spiro atoms. The number of aromatic nitrogens is 2. The normalized spacial score (nSPS) is 12.9. The van der Waals surface area contributed by atoms with E-state index in [1.54, 1.807) is 6.26 Å². The third-order valence-corrected chi connectivity index (χ3v) is 3.84. The molecule has 0 saturated carbocycles. The molecule has 0 unspecified atom stereocenters. The zero-order valence-electron chi connectivity index (χ0n) is 10.2. The lowest BCUT2D eigenvalue weighted by Gasteiger charge is -2.11. The second kappa shape index (κ2) is 5.06. The van der Waals surface area contributed by atoms with Crippen LogP contribution in [0.3, 0.4) is 0 Å². The van der Waals surface area contributed by atoms with Gasteiger partial charge in [-0.1, -0.05) is 0 Å². The van der Waals surface area contributed by atoms with E-state index in [1.165, 1.54) is 0 Å². The van der Waals surface area contributed by atoms with Crippen molar-refractivity contribution in [2.75, 3.05) is 0 Å². The van der Waals surface area contributed by atoms with Crippen LogP contribution in [0.15, 0.2) is 27.3 Å². The van der Waals surface area contributed by atoms with E-state index in [0.717, 1.165) is 28.2 Å². The Hall–Kier alpha value is -1.07. The predicted molar refractivity (Wildman–Crippen MR) is 69.6 cm³/mol. The molecular formula is C12H16BrN3O. The predicted octanol–water partition coefficient (Wildman–Crippen LogP) is 2.93. The first kappa shape index (κ1) is 12.4. The van der Waals surface area contributed by atoms with Crippen LogP contribution in [0.5, 0.6) is 0 Å². The summed E-state index contributed by atoms with van der Waals surface area (Å²) in [6, 6.07) is 4.06. The summed E-state index contributed by atoms with van der Waals surface area (Å²) in [4.78, 5) is 0. The van der Waals surface area contributed by atoms with Crippen LogP contribution in [0.4, 0.5) is 0 Å². The topological polar surface area (TPSA) is 43.0 Å². The van der Waals surface area contributed by atoms with Crippen LogP contribution < -0.4 is 5.32 Å².